The second-order valence-corrected chi connectivity index (χ2v) is 7.30. The molecule has 5 aromatic rings. The van der Waals surface area contributed by atoms with Crippen molar-refractivity contribution in [3.05, 3.63) is 60.8 Å². The van der Waals surface area contributed by atoms with E-state index in [-0.39, 0.29) is 5.95 Å². The number of nitrogens with zero attached hydrogens (tertiary/aromatic N) is 3. The molecule has 0 radical (unpaired) electrons. The molecule has 33 heavy (non-hydrogen) atoms. The lowest BCUT2D eigenvalue weighted by Crippen LogP contribution is -2.21. The Hall–Kier alpha value is -4.34. The van der Waals surface area contributed by atoms with Crippen molar-refractivity contribution in [2.45, 2.75) is 6.18 Å². The van der Waals surface area contributed by atoms with Crippen LogP contribution in [-0.2, 0) is 11.8 Å². The summed E-state index contributed by atoms with van der Waals surface area (Å²) < 4.78 is 33.8. The molecule has 5 N–H and O–H groups in total. The number of fused-ring (bicyclic) bond motifs is 4. The van der Waals surface area contributed by atoms with Gasteiger partial charge in [-0.2, -0.15) is 18.2 Å². The minimum atomic E-state index is -5.08. The zero-order valence-corrected chi connectivity index (χ0v) is 17.3. The third-order valence-corrected chi connectivity index (χ3v) is 5.18. The van der Waals surface area contributed by atoms with Gasteiger partial charge in [-0.3, -0.25) is 0 Å². The first kappa shape index (κ1) is 21.9. The van der Waals surface area contributed by atoms with E-state index in [1.54, 1.807) is 0 Å². The molecule has 0 fully saturated rings. The third kappa shape index (κ3) is 3.98. The molecule has 0 atom stereocenters. The van der Waals surface area contributed by atoms with Crippen LogP contribution in [-0.4, -0.2) is 31.8 Å². The fourth-order valence-electron chi connectivity index (χ4n) is 3.83. The second kappa shape index (κ2) is 7.97. The summed E-state index contributed by atoms with van der Waals surface area (Å²) >= 11 is 0. The maximum Gasteiger partial charge on any atom is 0.490 e. The van der Waals surface area contributed by atoms with E-state index in [0.29, 0.717) is 5.82 Å². The van der Waals surface area contributed by atoms with Crippen LogP contribution in [0.15, 0.2) is 60.8 Å². The van der Waals surface area contributed by atoms with Gasteiger partial charge in [-0.25, -0.2) is 9.78 Å². The molecule has 2 heterocycles. The number of aryl methyl sites for hydroxylation is 1. The second-order valence-electron chi connectivity index (χ2n) is 7.30. The highest BCUT2D eigenvalue weighted by Gasteiger charge is 2.38. The molecule has 0 amide bonds. The van der Waals surface area contributed by atoms with Crippen LogP contribution in [0.25, 0.3) is 43.7 Å². The standard InChI is InChI=1S/C21H17N5.C2HF3O2/c1-26-10-9-15-18-17(24-21(23)25-20(18)22)11-16(19(15)26)14-8-4-6-12-5-2-3-7-13(12)14;3-2(4,5)1(6)7/h2-11H,1H3,(H4,22,23,24,25);(H,6,7). The predicted octanol–water partition coefficient (Wildman–Crippen LogP) is 4.74. The molecule has 5 rings (SSSR count). The van der Waals surface area contributed by atoms with E-state index in [4.69, 9.17) is 21.4 Å². The highest BCUT2D eigenvalue weighted by Crippen LogP contribution is 2.39. The monoisotopic (exact) mass is 453 g/mol. The SMILES string of the molecule is Cn1ccc2c3c(N)nc(N)nc3cc(-c3cccc4ccccc34)c21.O=C(O)C(F)(F)F. The van der Waals surface area contributed by atoms with Crippen molar-refractivity contribution in [2.24, 2.45) is 7.05 Å². The lowest BCUT2D eigenvalue weighted by Gasteiger charge is -2.13. The van der Waals surface area contributed by atoms with Gasteiger partial charge in [-0.05, 0) is 28.5 Å². The van der Waals surface area contributed by atoms with E-state index in [2.05, 4.69) is 69.1 Å². The molecule has 0 aliphatic heterocycles. The summed E-state index contributed by atoms with van der Waals surface area (Å²) in [6.07, 6.45) is -3.05. The number of carbonyl (C=O) groups is 1. The van der Waals surface area contributed by atoms with Crippen molar-refractivity contribution in [2.75, 3.05) is 11.5 Å². The molecular formula is C23H18F3N5O2. The number of aliphatic carboxylic acids is 1. The molecule has 0 saturated carbocycles. The Morgan fingerprint density at radius 3 is 2.33 bits per heavy atom. The molecule has 0 bridgehead atoms. The molecule has 7 nitrogen and oxygen atoms in total. The first-order valence-electron chi connectivity index (χ1n) is 9.67. The van der Waals surface area contributed by atoms with Crippen LogP contribution in [0.3, 0.4) is 0 Å². The maximum absolute atomic E-state index is 10.6. The van der Waals surface area contributed by atoms with Crippen molar-refractivity contribution >= 4 is 50.3 Å². The van der Waals surface area contributed by atoms with Crippen LogP contribution >= 0.6 is 0 Å². The number of carboxylic acids is 1. The summed E-state index contributed by atoms with van der Waals surface area (Å²) in [7, 11) is 2.04. The van der Waals surface area contributed by atoms with Gasteiger partial charge in [0.05, 0.1) is 16.4 Å². The van der Waals surface area contributed by atoms with Gasteiger partial charge in [0.25, 0.3) is 0 Å². The average Bonchev–Trinajstić information content (AvgIpc) is 3.13. The summed E-state index contributed by atoms with van der Waals surface area (Å²) in [5.74, 6) is -2.16. The van der Waals surface area contributed by atoms with Crippen LogP contribution in [0.2, 0.25) is 0 Å². The fraction of sp³-hybridized carbons (Fsp3) is 0.0870. The number of alkyl halides is 3. The Morgan fingerprint density at radius 2 is 1.64 bits per heavy atom. The minimum Gasteiger partial charge on any atom is -0.475 e. The Morgan fingerprint density at radius 1 is 0.970 bits per heavy atom. The number of hydrogen-bond donors (Lipinski definition) is 3. The van der Waals surface area contributed by atoms with E-state index in [1.807, 2.05) is 13.2 Å². The summed E-state index contributed by atoms with van der Waals surface area (Å²) in [4.78, 5) is 17.5. The zero-order chi connectivity index (χ0) is 23.9. The fourth-order valence-corrected chi connectivity index (χ4v) is 3.83. The van der Waals surface area contributed by atoms with Crippen LogP contribution in [0.1, 0.15) is 0 Å². The molecule has 0 spiro atoms. The van der Waals surface area contributed by atoms with Crippen molar-refractivity contribution in [1.82, 2.24) is 14.5 Å². The highest BCUT2D eigenvalue weighted by molar-refractivity contribution is 6.17. The molecule has 0 aliphatic carbocycles. The van der Waals surface area contributed by atoms with Gasteiger partial charge in [0.2, 0.25) is 5.95 Å². The van der Waals surface area contributed by atoms with Crippen LogP contribution < -0.4 is 11.5 Å². The molecule has 2 aromatic heterocycles. The molecule has 10 heteroatoms. The number of benzene rings is 3. The lowest BCUT2D eigenvalue weighted by molar-refractivity contribution is -0.192. The summed E-state index contributed by atoms with van der Waals surface area (Å²) in [6, 6.07) is 18.9. The zero-order valence-electron chi connectivity index (χ0n) is 17.3. The Kier molecular flexibility index (Phi) is 5.28. The van der Waals surface area contributed by atoms with E-state index in [9.17, 15) is 13.2 Å². The van der Waals surface area contributed by atoms with Crippen LogP contribution in [0, 0.1) is 0 Å². The van der Waals surface area contributed by atoms with E-state index in [0.717, 1.165) is 32.9 Å². The number of aromatic nitrogens is 3. The number of halogens is 3. The average molecular weight is 453 g/mol. The van der Waals surface area contributed by atoms with Gasteiger partial charge >= 0.3 is 12.1 Å². The Balaban J connectivity index is 0.000000325. The third-order valence-electron chi connectivity index (χ3n) is 5.18. The number of anilines is 2. The number of hydrogen-bond acceptors (Lipinski definition) is 5. The maximum atomic E-state index is 10.6. The van der Waals surface area contributed by atoms with Crippen molar-refractivity contribution in [3.63, 3.8) is 0 Å². The summed E-state index contributed by atoms with van der Waals surface area (Å²) in [5.41, 5.74) is 16.1. The molecule has 168 valence electrons. The van der Waals surface area contributed by atoms with Crippen molar-refractivity contribution in [3.8, 4) is 11.1 Å². The summed E-state index contributed by atoms with van der Waals surface area (Å²) in [5, 5.41) is 11.4. The molecule has 0 unspecified atom stereocenters. The van der Waals surface area contributed by atoms with Gasteiger partial charge in [0, 0.05) is 24.2 Å². The normalized spacial score (nSPS) is 11.5. The number of rotatable bonds is 1. The Bertz CT molecular complexity index is 1520. The Labute approximate surface area is 185 Å². The van der Waals surface area contributed by atoms with E-state index >= 15 is 0 Å². The quantitative estimate of drug-likeness (QED) is 0.337. The topological polar surface area (TPSA) is 120 Å². The highest BCUT2D eigenvalue weighted by atomic mass is 19.4. The predicted molar refractivity (Wildman–Crippen MR) is 121 cm³/mol. The van der Waals surface area contributed by atoms with Crippen LogP contribution in [0.4, 0.5) is 24.9 Å². The smallest absolute Gasteiger partial charge is 0.475 e. The number of nitrogens with two attached hydrogens (primary N) is 2. The van der Waals surface area contributed by atoms with Gasteiger partial charge < -0.3 is 21.1 Å². The first-order chi connectivity index (χ1) is 15.6. The van der Waals surface area contributed by atoms with Gasteiger partial charge in [-0.15, -0.1) is 0 Å². The molecular weight excluding hydrogens is 435 g/mol. The molecule has 3 aromatic carbocycles. The first-order valence-corrected chi connectivity index (χ1v) is 9.67. The van der Waals surface area contributed by atoms with E-state index < -0.39 is 12.1 Å². The minimum absolute atomic E-state index is 0.189. The largest absolute Gasteiger partial charge is 0.490 e. The van der Waals surface area contributed by atoms with Crippen LogP contribution in [0.5, 0.6) is 0 Å². The number of carboxylic acid groups (broad SMARTS) is 1. The van der Waals surface area contributed by atoms with E-state index in [1.165, 1.54) is 10.8 Å². The summed E-state index contributed by atoms with van der Waals surface area (Å²) in [6.45, 7) is 0. The van der Waals surface area contributed by atoms with Crippen molar-refractivity contribution in [1.29, 1.82) is 0 Å². The molecule has 0 saturated heterocycles. The van der Waals surface area contributed by atoms with Gasteiger partial charge in [-0.1, -0.05) is 42.5 Å². The number of nitrogen functional groups attached to an aromatic ring is 2. The van der Waals surface area contributed by atoms with Gasteiger partial charge in [0.15, 0.2) is 0 Å². The lowest BCUT2D eigenvalue weighted by atomic mass is 9.95. The van der Waals surface area contributed by atoms with Crippen molar-refractivity contribution < 1.29 is 23.1 Å². The van der Waals surface area contributed by atoms with Gasteiger partial charge in [0.1, 0.15) is 5.82 Å². The molecule has 0 aliphatic rings.